The molecule has 0 aliphatic carbocycles. The Bertz CT molecular complexity index is 503. The second kappa shape index (κ2) is 5.34. The lowest BCUT2D eigenvalue weighted by Crippen LogP contribution is -2.48. The van der Waals surface area contributed by atoms with Crippen LogP contribution in [0.4, 0.5) is 0 Å². The fourth-order valence-electron chi connectivity index (χ4n) is 2.85. The maximum Gasteiger partial charge on any atom is 0.261 e. The minimum absolute atomic E-state index is 0.125. The van der Waals surface area contributed by atoms with Gasteiger partial charge in [0.25, 0.3) is 11.8 Å². The molecule has 0 N–H and O–H groups in total. The first-order valence-corrected chi connectivity index (χ1v) is 6.95. The highest BCUT2D eigenvalue weighted by atomic mass is 16.5. The predicted molar refractivity (Wildman–Crippen MR) is 73.7 cm³/mol. The molecule has 0 aromatic heterocycles. The highest BCUT2D eigenvalue weighted by molar-refractivity contribution is 6.21. The normalized spacial score (nSPS) is 21.1. The molecule has 0 bridgehead atoms. The van der Waals surface area contributed by atoms with E-state index >= 15 is 0 Å². The third-order valence-electron chi connectivity index (χ3n) is 3.89. The number of hydrogen-bond donors (Lipinski definition) is 0. The fraction of sp³-hybridized carbons (Fsp3) is 0.467. The van der Waals surface area contributed by atoms with Gasteiger partial charge in [0.1, 0.15) is 0 Å². The highest BCUT2D eigenvalue weighted by Gasteiger charge is 2.38. The molecule has 0 radical (unpaired) electrons. The second-order valence-corrected chi connectivity index (χ2v) is 5.29. The summed E-state index contributed by atoms with van der Waals surface area (Å²) in [5.74, 6) is -0.349. The average Bonchev–Trinajstić information content (AvgIpc) is 2.72. The number of carbonyl (C=O) groups is 2. The SMILES string of the molecule is CC(CN1CCOCC1)N1C(=O)c2ccccc2C1=O. The fourth-order valence-corrected chi connectivity index (χ4v) is 2.85. The molecular formula is C15H18N2O3. The summed E-state index contributed by atoms with van der Waals surface area (Å²) < 4.78 is 5.31. The number of rotatable bonds is 3. The van der Waals surface area contributed by atoms with Gasteiger partial charge in [-0.2, -0.15) is 0 Å². The number of fused-ring (bicyclic) bond motifs is 1. The Morgan fingerprint density at radius 1 is 1.10 bits per heavy atom. The lowest BCUT2D eigenvalue weighted by Gasteiger charge is -2.32. The standard InChI is InChI=1S/C15H18N2O3/c1-11(10-16-6-8-20-9-7-16)17-14(18)12-4-2-3-5-13(12)15(17)19/h2-5,11H,6-10H2,1H3. The Balaban J connectivity index is 1.74. The van der Waals surface area contributed by atoms with Crippen LogP contribution in [0.25, 0.3) is 0 Å². The van der Waals surface area contributed by atoms with Gasteiger partial charge in [0.2, 0.25) is 0 Å². The molecule has 106 valence electrons. The molecule has 1 fully saturated rings. The largest absolute Gasteiger partial charge is 0.379 e. The zero-order valence-corrected chi connectivity index (χ0v) is 11.5. The molecule has 0 saturated carbocycles. The Hall–Kier alpha value is -1.72. The highest BCUT2D eigenvalue weighted by Crippen LogP contribution is 2.24. The quantitative estimate of drug-likeness (QED) is 0.772. The minimum atomic E-state index is -0.175. The summed E-state index contributed by atoms with van der Waals surface area (Å²) in [5, 5.41) is 0. The predicted octanol–water partition coefficient (Wildman–Crippen LogP) is 1.00. The number of imide groups is 1. The Kier molecular flexibility index (Phi) is 3.54. The van der Waals surface area contributed by atoms with Crippen molar-refractivity contribution in [1.29, 1.82) is 0 Å². The number of amides is 2. The van der Waals surface area contributed by atoms with Gasteiger partial charge >= 0.3 is 0 Å². The van der Waals surface area contributed by atoms with Crippen LogP contribution in [0.3, 0.4) is 0 Å². The first-order valence-electron chi connectivity index (χ1n) is 6.95. The van der Waals surface area contributed by atoms with Gasteiger partial charge in [-0.3, -0.25) is 19.4 Å². The number of nitrogens with zero attached hydrogens (tertiary/aromatic N) is 2. The van der Waals surface area contributed by atoms with Crippen LogP contribution >= 0.6 is 0 Å². The molecule has 2 amide bonds. The van der Waals surface area contributed by atoms with Crippen molar-refractivity contribution in [3.05, 3.63) is 35.4 Å². The van der Waals surface area contributed by atoms with Crippen molar-refractivity contribution in [3.8, 4) is 0 Å². The van der Waals surface area contributed by atoms with E-state index in [9.17, 15) is 9.59 Å². The summed E-state index contributed by atoms with van der Waals surface area (Å²) in [7, 11) is 0. The lowest BCUT2D eigenvalue weighted by molar-refractivity contribution is 0.0243. The molecule has 1 unspecified atom stereocenters. The van der Waals surface area contributed by atoms with Gasteiger partial charge in [0, 0.05) is 19.6 Å². The van der Waals surface area contributed by atoms with Crippen LogP contribution < -0.4 is 0 Å². The molecule has 5 nitrogen and oxygen atoms in total. The monoisotopic (exact) mass is 274 g/mol. The number of ether oxygens (including phenoxy) is 1. The van der Waals surface area contributed by atoms with Gasteiger partial charge in [-0.15, -0.1) is 0 Å². The van der Waals surface area contributed by atoms with Crippen LogP contribution in [0.15, 0.2) is 24.3 Å². The van der Waals surface area contributed by atoms with E-state index in [1.165, 1.54) is 4.90 Å². The Morgan fingerprint density at radius 2 is 1.65 bits per heavy atom. The molecule has 2 heterocycles. The third-order valence-corrected chi connectivity index (χ3v) is 3.89. The number of morpholine rings is 1. The van der Waals surface area contributed by atoms with E-state index in [0.29, 0.717) is 17.7 Å². The van der Waals surface area contributed by atoms with Crippen molar-refractivity contribution in [2.75, 3.05) is 32.8 Å². The van der Waals surface area contributed by atoms with Gasteiger partial charge in [0.05, 0.1) is 30.4 Å². The first kappa shape index (κ1) is 13.3. The number of benzene rings is 1. The molecule has 1 aromatic rings. The van der Waals surface area contributed by atoms with E-state index < -0.39 is 0 Å². The zero-order valence-electron chi connectivity index (χ0n) is 11.5. The van der Waals surface area contributed by atoms with Crippen molar-refractivity contribution < 1.29 is 14.3 Å². The molecule has 2 aliphatic rings. The molecule has 5 heteroatoms. The third kappa shape index (κ3) is 2.23. The van der Waals surface area contributed by atoms with Crippen molar-refractivity contribution in [3.63, 3.8) is 0 Å². The topological polar surface area (TPSA) is 49.9 Å². The molecule has 3 rings (SSSR count). The van der Waals surface area contributed by atoms with E-state index in [-0.39, 0.29) is 17.9 Å². The van der Waals surface area contributed by atoms with Crippen LogP contribution in [0.2, 0.25) is 0 Å². The Morgan fingerprint density at radius 3 is 2.20 bits per heavy atom. The molecule has 0 spiro atoms. The molecular weight excluding hydrogens is 256 g/mol. The van der Waals surface area contributed by atoms with Crippen LogP contribution in [-0.4, -0.2) is 60.5 Å². The van der Waals surface area contributed by atoms with Crippen molar-refractivity contribution >= 4 is 11.8 Å². The van der Waals surface area contributed by atoms with E-state index in [2.05, 4.69) is 4.90 Å². The summed E-state index contributed by atoms with van der Waals surface area (Å²) in [5.41, 5.74) is 1.04. The van der Waals surface area contributed by atoms with Crippen molar-refractivity contribution in [1.82, 2.24) is 9.80 Å². The molecule has 20 heavy (non-hydrogen) atoms. The summed E-state index contributed by atoms with van der Waals surface area (Å²) in [6, 6.07) is 6.90. The maximum absolute atomic E-state index is 12.4. The summed E-state index contributed by atoms with van der Waals surface area (Å²) in [6.07, 6.45) is 0. The average molecular weight is 274 g/mol. The van der Waals surface area contributed by atoms with Gasteiger partial charge in [-0.1, -0.05) is 12.1 Å². The smallest absolute Gasteiger partial charge is 0.261 e. The van der Waals surface area contributed by atoms with E-state index in [1.807, 2.05) is 6.92 Å². The van der Waals surface area contributed by atoms with E-state index in [1.54, 1.807) is 24.3 Å². The minimum Gasteiger partial charge on any atom is -0.379 e. The van der Waals surface area contributed by atoms with E-state index in [4.69, 9.17) is 4.74 Å². The number of hydrogen-bond acceptors (Lipinski definition) is 4. The lowest BCUT2D eigenvalue weighted by atomic mass is 10.1. The summed E-state index contributed by atoms with van der Waals surface area (Å²) in [6.45, 7) is 5.77. The zero-order chi connectivity index (χ0) is 14.1. The van der Waals surface area contributed by atoms with Crippen LogP contribution in [0.1, 0.15) is 27.6 Å². The summed E-state index contributed by atoms with van der Waals surface area (Å²) >= 11 is 0. The van der Waals surface area contributed by atoms with Crippen LogP contribution in [0.5, 0.6) is 0 Å². The van der Waals surface area contributed by atoms with E-state index in [0.717, 1.165) is 26.3 Å². The van der Waals surface area contributed by atoms with Gasteiger partial charge in [0.15, 0.2) is 0 Å². The van der Waals surface area contributed by atoms with Crippen LogP contribution in [0, 0.1) is 0 Å². The van der Waals surface area contributed by atoms with Gasteiger partial charge < -0.3 is 4.74 Å². The van der Waals surface area contributed by atoms with Gasteiger partial charge in [-0.05, 0) is 19.1 Å². The van der Waals surface area contributed by atoms with Crippen molar-refractivity contribution in [2.45, 2.75) is 13.0 Å². The Labute approximate surface area is 118 Å². The molecule has 1 saturated heterocycles. The molecule has 1 atom stereocenters. The van der Waals surface area contributed by atoms with Crippen LogP contribution in [-0.2, 0) is 4.74 Å². The van der Waals surface area contributed by atoms with Gasteiger partial charge in [-0.25, -0.2) is 0 Å². The number of carbonyl (C=O) groups excluding carboxylic acids is 2. The first-order chi connectivity index (χ1) is 9.68. The van der Waals surface area contributed by atoms with Crippen molar-refractivity contribution in [2.24, 2.45) is 0 Å². The molecule has 2 aliphatic heterocycles. The second-order valence-electron chi connectivity index (χ2n) is 5.29. The summed E-state index contributed by atoms with van der Waals surface area (Å²) in [4.78, 5) is 28.3. The maximum atomic E-state index is 12.4. The molecule has 1 aromatic carbocycles.